The van der Waals surface area contributed by atoms with Crippen molar-refractivity contribution in [2.24, 2.45) is 11.8 Å². The second-order valence-corrected chi connectivity index (χ2v) is 7.79. The Morgan fingerprint density at radius 1 is 1.00 bits per heavy atom. The van der Waals surface area contributed by atoms with Crippen LogP contribution < -0.4 is 5.32 Å². The molecule has 0 bridgehead atoms. The standard InChI is InChI=1S/C19H25NS/c1-13-10-14(2)19(18(11-13)20-3)21-17-9-8-15-6-4-5-7-16(15)12-17/h4-9,12-14,18-20H,10-11H2,1-3H3. The Kier molecular flexibility index (Phi) is 4.56. The fourth-order valence-corrected chi connectivity index (χ4v) is 5.12. The van der Waals surface area contributed by atoms with Crippen molar-refractivity contribution in [2.45, 2.75) is 42.9 Å². The van der Waals surface area contributed by atoms with Crippen LogP contribution in [0.5, 0.6) is 0 Å². The largest absolute Gasteiger partial charge is 0.316 e. The first-order valence-electron chi connectivity index (χ1n) is 8.00. The topological polar surface area (TPSA) is 12.0 Å². The Bertz CT molecular complexity index is 609. The highest BCUT2D eigenvalue weighted by Gasteiger charge is 2.33. The van der Waals surface area contributed by atoms with E-state index in [4.69, 9.17) is 0 Å². The quantitative estimate of drug-likeness (QED) is 0.860. The van der Waals surface area contributed by atoms with Gasteiger partial charge in [0.2, 0.25) is 0 Å². The third-order valence-corrected chi connectivity index (χ3v) is 6.34. The Labute approximate surface area is 132 Å². The molecule has 0 aliphatic heterocycles. The summed E-state index contributed by atoms with van der Waals surface area (Å²) < 4.78 is 0. The summed E-state index contributed by atoms with van der Waals surface area (Å²) in [6.07, 6.45) is 2.65. The fraction of sp³-hybridized carbons (Fsp3) is 0.474. The van der Waals surface area contributed by atoms with Gasteiger partial charge in [-0.05, 0) is 54.6 Å². The number of benzene rings is 2. The molecule has 1 saturated carbocycles. The highest BCUT2D eigenvalue weighted by Crippen LogP contribution is 2.40. The van der Waals surface area contributed by atoms with Crippen molar-refractivity contribution in [1.82, 2.24) is 5.32 Å². The minimum absolute atomic E-state index is 0.625. The van der Waals surface area contributed by atoms with Gasteiger partial charge in [-0.2, -0.15) is 0 Å². The van der Waals surface area contributed by atoms with Gasteiger partial charge in [0.25, 0.3) is 0 Å². The van der Waals surface area contributed by atoms with E-state index in [9.17, 15) is 0 Å². The van der Waals surface area contributed by atoms with E-state index in [0.29, 0.717) is 11.3 Å². The lowest BCUT2D eigenvalue weighted by atomic mass is 9.80. The van der Waals surface area contributed by atoms with Gasteiger partial charge in [0.05, 0.1) is 0 Å². The molecule has 1 nitrogen and oxygen atoms in total. The lowest BCUT2D eigenvalue weighted by molar-refractivity contribution is 0.257. The maximum absolute atomic E-state index is 3.55. The summed E-state index contributed by atoms with van der Waals surface area (Å²) in [5, 5.41) is 6.90. The highest BCUT2D eigenvalue weighted by atomic mass is 32.2. The molecule has 1 aliphatic rings. The second-order valence-electron chi connectivity index (χ2n) is 6.54. The number of nitrogens with one attached hydrogen (secondary N) is 1. The Balaban J connectivity index is 1.82. The van der Waals surface area contributed by atoms with Crippen LogP contribution in [-0.4, -0.2) is 18.3 Å². The van der Waals surface area contributed by atoms with Crippen LogP contribution in [0.1, 0.15) is 26.7 Å². The molecule has 4 unspecified atom stereocenters. The predicted octanol–water partition coefficient (Wildman–Crippen LogP) is 4.95. The van der Waals surface area contributed by atoms with Crippen molar-refractivity contribution < 1.29 is 0 Å². The van der Waals surface area contributed by atoms with Gasteiger partial charge in [0.1, 0.15) is 0 Å². The van der Waals surface area contributed by atoms with Crippen LogP contribution in [0, 0.1) is 11.8 Å². The van der Waals surface area contributed by atoms with E-state index in [1.165, 1.54) is 28.5 Å². The maximum atomic E-state index is 3.55. The molecule has 3 rings (SSSR count). The normalized spacial score (nSPS) is 29.7. The van der Waals surface area contributed by atoms with Crippen LogP contribution in [0.4, 0.5) is 0 Å². The Morgan fingerprint density at radius 2 is 1.76 bits per heavy atom. The predicted molar refractivity (Wildman–Crippen MR) is 94.0 cm³/mol. The first-order chi connectivity index (χ1) is 10.2. The van der Waals surface area contributed by atoms with Crippen molar-refractivity contribution >= 4 is 22.5 Å². The molecule has 0 spiro atoms. The van der Waals surface area contributed by atoms with E-state index in [2.05, 4.69) is 80.4 Å². The molecule has 2 heteroatoms. The molecule has 1 aliphatic carbocycles. The summed E-state index contributed by atoms with van der Waals surface area (Å²) in [7, 11) is 2.11. The lowest BCUT2D eigenvalue weighted by Crippen LogP contribution is -2.44. The first-order valence-corrected chi connectivity index (χ1v) is 8.88. The molecular formula is C19H25NS. The lowest BCUT2D eigenvalue weighted by Gasteiger charge is -2.39. The molecule has 0 aromatic heterocycles. The summed E-state index contributed by atoms with van der Waals surface area (Å²) in [5.41, 5.74) is 0. The van der Waals surface area contributed by atoms with Gasteiger partial charge in [0.15, 0.2) is 0 Å². The molecule has 4 atom stereocenters. The highest BCUT2D eigenvalue weighted by molar-refractivity contribution is 8.00. The first kappa shape index (κ1) is 14.9. The molecule has 112 valence electrons. The third kappa shape index (κ3) is 3.27. The summed E-state index contributed by atoms with van der Waals surface area (Å²) in [6, 6.07) is 16.1. The average Bonchev–Trinajstić information content (AvgIpc) is 2.49. The second kappa shape index (κ2) is 6.41. The van der Waals surface area contributed by atoms with Crippen LogP contribution in [0.25, 0.3) is 10.8 Å². The summed E-state index contributed by atoms with van der Waals surface area (Å²) >= 11 is 2.06. The van der Waals surface area contributed by atoms with Crippen LogP contribution in [0.15, 0.2) is 47.4 Å². The van der Waals surface area contributed by atoms with E-state index in [1.807, 2.05) is 0 Å². The number of rotatable bonds is 3. The minimum atomic E-state index is 0.625. The smallest absolute Gasteiger partial charge is 0.0274 e. The molecule has 0 amide bonds. The molecular weight excluding hydrogens is 274 g/mol. The molecule has 0 saturated heterocycles. The number of thioether (sulfide) groups is 1. The van der Waals surface area contributed by atoms with Gasteiger partial charge in [-0.15, -0.1) is 11.8 Å². The van der Waals surface area contributed by atoms with Crippen molar-refractivity contribution in [3.8, 4) is 0 Å². The molecule has 1 N–H and O–H groups in total. The van der Waals surface area contributed by atoms with Crippen LogP contribution >= 0.6 is 11.8 Å². The minimum Gasteiger partial charge on any atom is -0.316 e. The monoisotopic (exact) mass is 299 g/mol. The van der Waals surface area contributed by atoms with Gasteiger partial charge in [-0.3, -0.25) is 0 Å². The third-order valence-electron chi connectivity index (χ3n) is 4.75. The Hall–Kier alpha value is -0.990. The zero-order chi connectivity index (χ0) is 14.8. The van der Waals surface area contributed by atoms with Gasteiger partial charge in [-0.25, -0.2) is 0 Å². The zero-order valence-corrected chi connectivity index (χ0v) is 14.0. The molecule has 0 radical (unpaired) electrons. The fourth-order valence-electron chi connectivity index (χ4n) is 3.71. The molecule has 1 fully saturated rings. The summed E-state index contributed by atoms with van der Waals surface area (Å²) in [6.45, 7) is 4.80. The molecule has 2 aromatic carbocycles. The van der Waals surface area contributed by atoms with Crippen molar-refractivity contribution in [2.75, 3.05) is 7.05 Å². The maximum Gasteiger partial charge on any atom is 0.0274 e. The van der Waals surface area contributed by atoms with Crippen LogP contribution in [0.2, 0.25) is 0 Å². The summed E-state index contributed by atoms with van der Waals surface area (Å²) in [5.74, 6) is 1.61. The van der Waals surface area contributed by atoms with Crippen LogP contribution in [-0.2, 0) is 0 Å². The van der Waals surface area contributed by atoms with Crippen molar-refractivity contribution in [1.29, 1.82) is 0 Å². The van der Waals surface area contributed by atoms with Crippen molar-refractivity contribution in [3.05, 3.63) is 42.5 Å². The Morgan fingerprint density at radius 3 is 2.52 bits per heavy atom. The number of fused-ring (bicyclic) bond motifs is 1. The van der Waals surface area contributed by atoms with E-state index in [-0.39, 0.29) is 0 Å². The number of hydrogen-bond donors (Lipinski definition) is 1. The van der Waals surface area contributed by atoms with Gasteiger partial charge in [0, 0.05) is 16.2 Å². The van der Waals surface area contributed by atoms with Gasteiger partial charge >= 0.3 is 0 Å². The molecule has 2 aromatic rings. The zero-order valence-electron chi connectivity index (χ0n) is 13.2. The van der Waals surface area contributed by atoms with E-state index < -0.39 is 0 Å². The van der Waals surface area contributed by atoms with Gasteiger partial charge < -0.3 is 5.32 Å². The van der Waals surface area contributed by atoms with Crippen molar-refractivity contribution in [3.63, 3.8) is 0 Å². The average molecular weight is 299 g/mol. The van der Waals surface area contributed by atoms with Crippen LogP contribution in [0.3, 0.4) is 0 Å². The SMILES string of the molecule is CNC1CC(C)CC(C)C1Sc1ccc2ccccc2c1. The van der Waals surface area contributed by atoms with E-state index in [1.54, 1.807) is 0 Å². The summed E-state index contributed by atoms with van der Waals surface area (Å²) in [4.78, 5) is 1.40. The molecule has 0 heterocycles. The van der Waals surface area contributed by atoms with E-state index in [0.717, 1.165) is 11.8 Å². The van der Waals surface area contributed by atoms with E-state index >= 15 is 0 Å². The molecule has 21 heavy (non-hydrogen) atoms. The number of hydrogen-bond acceptors (Lipinski definition) is 2. The van der Waals surface area contributed by atoms with Gasteiger partial charge in [-0.1, -0.05) is 44.2 Å².